The molecular formula is C20H21N3O2S. The van der Waals surface area contributed by atoms with Crippen LogP contribution in [-0.2, 0) is 9.84 Å². The molecule has 1 N–H and O–H groups in total. The highest BCUT2D eigenvalue weighted by molar-refractivity contribution is 7.90. The van der Waals surface area contributed by atoms with E-state index in [0.29, 0.717) is 12.5 Å². The summed E-state index contributed by atoms with van der Waals surface area (Å²) in [6.45, 7) is 0.576. The quantitative estimate of drug-likeness (QED) is 0.721. The Morgan fingerprint density at radius 1 is 1.00 bits per heavy atom. The lowest BCUT2D eigenvalue weighted by atomic mass is 10.1. The molecule has 0 radical (unpaired) electrons. The van der Waals surface area contributed by atoms with Gasteiger partial charge in [-0.15, -0.1) is 0 Å². The minimum absolute atomic E-state index is 0.171. The lowest BCUT2D eigenvalue weighted by Gasteiger charge is -2.16. The van der Waals surface area contributed by atoms with Crippen molar-refractivity contribution in [3.8, 4) is 11.3 Å². The molecule has 0 bridgehead atoms. The third-order valence-electron chi connectivity index (χ3n) is 4.80. The summed E-state index contributed by atoms with van der Waals surface area (Å²) >= 11 is 0. The molecule has 6 heteroatoms. The SMILES string of the molecule is CS(=O)(=O)CC1(CNc2nc(-c3ccccc3)c3ccccc3n2)CC1. The number of fused-ring (bicyclic) bond motifs is 1. The van der Waals surface area contributed by atoms with Gasteiger partial charge in [-0.05, 0) is 18.9 Å². The van der Waals surface area contributed by atoms with Crippen LogP contribution >= 0.6 is 0 Å². The normalized spacial score (nSPS) is 15.7. The summed E-state index contributed by atoms with van der Waals surface area (Å²) in [7, 11) is -2.99. The molecule has 1 aromatic heterocycles. The molecule has 5 nitrogen and oxygen atoms in total. The maximum atomic E-state index is 11.7. The van der Waals surface area contributed by atoms with E-state index in [9.17, 15) is 8.42 Å². The van der Waals surface area contributed by atoms with E-state index in [1.54, 1.807) is 0 Å². The number of hydrogen-bond donors (Lipinski definition) is 1. The van der Waals surface area contributed by atoms with Crippen LogP contribution in [0.25, 0.3) is 22.2 Å². The second-order valence-corrected chi connectivity index (χ2v) is 9.34. The average Bonchev–Trinajstić information content (AvgIpc) is 3.38. The van der Waals surface area contributed by atoms with E-state index in [1.807, 2.05) is 54.6 Å². The van der Waals surface area contributed by atoms with E-state index in [1.165, 1.54) is 6.26 Å². The van der Waals surface area contributed by atoms with Crippen molar-refractivity contribution < 1.29 is 8.42 Å². The molecule has 3 aromatic rings. The molecule has 1 heterocycles. The number of aromatic nitrogens is 2. The lowest BCUT2D eigenvalue weighted by molar-refractivity contribution is 0.560. The summed E-state index contributed by atoms with van der Waals surface area (Å²) in [6.07, 6.45) is 3.14. The minimum atomic E-state index is -2.99. The Labute approximate surface area is 153 Å². The third kappa shape index (κ3) is 3.70. The van der Waals surface area contributed by atoms with Crippen LogP contribution in [-0.4, -0.2) is 36.9 Å². The molecule has 0 atom stereocenters. The first-order valence-corrected chi connectivity index (χ1v) is 10.7. The third-order valence-corrected chi connectivity index (χ3v) is 5.93. The van der Waals surface area contributed by atoms with Crippen LogP contribution in [0.4, 0.5) is 5.95 Å². The van der Waals surface area contributed by atoms with Gasteiger partial charge < -0.3 is 5.32 Å². The zero-order valence-electron chi connectivity index (χ0n) is 14.6. The fourth-order valence-electron chi connectivity index (χ4n) is 3.34. The number of hydrogen-bond acceptors (Lipinski definition) is 5. The molecule has 0 saturated heterocycles. The van der Waals surface area contributed by atoms with Gasteiger partial charge in [0.15, 0.2) is 0 Å². The molecule has 26 heavy (non-hydrogen) atoms. The van der Waals surface area contributed by atoms with Gasteiger partial charge in [0.1, 0.15) is 9.84 Å². The van der Waals surface area contributed by atoms with Crippen LogP contribution in [0.2, 0.25) is 0 Å². The first-order chi connectivity index (χ1) is 12.4. The van der Waals surface area contributed by atoms with Crippen LogP contribution in [0.1, 0.15) is 12.8 Å². The summed E-state index contributed by atoms with van der Waals surface area (Å²) in [5.74, 6) is 0.758. The van der Waals surface area contributed by atoms with Crippen molar-refractivity contribution in [3.63, 3.8) is 0 Å². The minimum Gasteiger partial charge on any atom is -0.354 e. The van der Waals surface area contributed by atoms with Gasteiger partial charge >= 0.3 is 0 Å². The average molecular weight is 367 g/mol. The molecule has 1 fully saturated rings. The predicted octanol–water partition coefficient (Wildman–Crippen LogP) is 3.53. The van der Waals surface area contributed by atoms with Crippen LogP contribution in [0, 0.1) is 5.41 Å². The second kappa shape index (κ2) is 6.36. The van der Waals surface area contributed by atoms with Crippen molar-refractivity contribution in [3.05, 3.63) is 54.6 Å². The van der Waals surface area contributed by atoms with E-state index >= 15 is 0 Å². The van der Waals surface area contributed by atoms with Gasteiger partial charge in [-0.3, -0.25) is 0 Å². The van der Waals surface area contributed by atoms with Gasteiger partial charge in [-0.1, -0.05) is 48.5 Å². The first kappa shape index (κ1) is 17.0. The standard InChI is InChI=1S/C20H21N3O2S/c1-26(24,25)14-20(11-12-20)13-21-19-22-17-10-6-5-9-16(17)18(23-19)15-7-3-2-4-8-15/h2-10H,11-14H2,1H3,(H,21,22,23). The lowest BCUT2D eigenvalue weighted by Crippen LogP contribution is -2.24. The second-order valence-electron chi connectivity index (χ2n) is 7.20. The van der Waals surface area contributed by atoms with Gasteiger partial charge in [0.05, 0.1) is 17.0 Å². The van der Waals surface area contributed by atoms with Crippen molar-refractivity contribution in [2.75, 3.05) is 23.9 Å². The van der Waals surface area contributed by atoms with E-state index in [2.05, 4.69) is 10.3 Å². The number of para-hydroxylation sites is 1. The topological polar surface area (TPSA) is 72.0 Å². The molecule has 1 saturated carbocycles. The van der Waals surface area contributed by atoms with Crippen molar-refractivity contribution in [1.29, 1.82) is 0 Å². The van der Waals surface area contributed by atoms with E-state index in [4.69, 9.17) is 4.98 Å². The van der Waals surface area contributed by atoms with Crippen molar-refractivity contribution in [2.45, 2.75) is 12.8 Å². The van der Waals surface area contributed by atoms with Crippen molar-refractivity contribution in [1.82, 2.24) is 9.97 Å². The molecule has 2 aromatic carbocycles. The number of sulfone groups is 1. The molecule has 0 aliphatic heterocycles. The maximum Gasteiger partial charge on any atom is 0.223 e. The number of anilines is 1. The Morgan fingerprint density at radius 2 is 1.69 bits per heavy atom. The van der Waals surface area contributed by atoms with Gasteiger partial charge in [-0.25, -0.2) is 18.4 Å². The molecule has 0 amide bonds. The van der Waals surface area contributed by atoms with Crippen LogP contribution < -0.4 is 5.32 Å². The summed E-state index contributed by atoms with van der Waals surface area (Å²) in [4.78, 5) is 9.34. The number of nitrogens with one attached hydrogen (secondary N) is 1. The Bertz CT molecular complexity index is 1050. The number of rotatable bonds is 6. The Morgan fingerprint density at radius 3 is 2.38 bits per heavy atom. The van der Waals surface area contributed by atoms with Gasteiger partial charge in [0.25, 0.3) is 0 Å². The molecule has 0 unspecified atom stereocenters. The highest BCUT2D eigenvalue weighted by Gasteiger charge is 2.45. The van der Waals surface area contributed by atoms with Crippen molar-refractivity contribution in [2.24, 2.45) is 5.41 Å². The fraction of sp³-hybridized carbons (Fsp3) is 0.300. The highest BCUT2D eigenvalue weighted by Crippen LogP contribution is 2.46. The maximum absolute atomic E-state index is 11.7. The molecular weight excluding hydrogens is 346 g/mol. The predicted molar refractivity (Wildman–Crippen MR) is 105 cm³/mol. The first-order valence-electron chi connectivity index (χ1n) is 8.68. The van der Waals surface area contributed by atoms with Gasteiger partial charge in [-0.2, -0.15) is 0 Å². The monoisotopic (exact) mass is 367 g/mol. The Hall–Kier alpha value is -2.47. The van der Waals surface area contributed by atoms with Crippen LogP contribution in [0.5, 0.6) is 0 Å². The fourth-order valence-corrected chi connectivity index (χ4v) is 4.85. The van der Waals surface area contributed by atoms with E-state index in [0.717, 1.165) is 35.0 Å². The van der Waals surface area contributed by atoms with E-state index < -0.39 is 9.84 Å². The summed E-state index contributed by atoms with van der Waals surface area (Å²) in [5.41, 5.74) is 2.62. The molecule has 0 spiro atoms. The number of nitrogens with zero attached hydrogens (tertiary/aromatic N) is 2. The smallest absolute Gasteiger partial charge is 0.223 e. The molecule has 1 aliphatic carbocycles. The van der Waals surface area contributed by atoms with Crippen LogP contribution in [0.15, 0.2) is 54.6 Å². The zero-order valence-corrected chi connectivity index (χ0v) is 15.5. The Kier molecular flexibility index (Phi) is 4.15. The largest absolute Gasteiger partial charge is 0.354 e. The van der Waals surface area contributed by atoms with Gasteiger partial charge in [0, 0.05) is 29.2 Å². The number of benzene rings is 2. The summed E-state index contributed by atoms with van der Waals surface area (Å²) < 4.78 is 23.3. The van der Waals surface area contributed by atoms with Gasteiger partial charge in [0.2, 0.25) is 5.95 Å². The van der Waals surface area contributed by atoms with E-state index in [-0.39, 0.29) is 11.2 Å². The molecule has 134 valence electrons. The summed E-state index contributed by atoms with van der Waals surface area (Å²) in [6, 6.07) is 18.0. The summed E-state index contributed by atoms with van der Waals surface area (Å²) in [5, 5.41) is 4.29. The zero-order chi connectivity index (χ0) is 18.2. The Balaban J connectivity index is 1.66. The molecule has 1 aliphatic rings. The van der Waals surface area contributed by atoms with Crippen molar-refractivity contribution >= 4 is 26.7 Å². The highest BCUT2D eigenvalue weighted by atomic mass is 32.2. The van der Waals surface area contributed by atoms with Crippen LogP contribution in [0.3, 0.4) is 0 Å². The molecule has 4 rings (SSSR count).